The highest BCUT2D eigenvalue weighted by Crippen LogP contribution is 2.34. The highest BCUT2D eigenvalue weighted by molar-refractivity contribution is 5.76. The lowest BCUT2D eigenvalue weighted by Gasteiger charge is -2.18. The van der Waals surface area contributed by atoms with Crippen molar-refractivity contribution >= 4 is 5.97 Å². The minimum absolute atomic E-state index is 0.00581. The van der Waals surface area contributed by atoms with Crippen molar-refractivity contribution in [2.24, 2.45) is 13.0 Å². The van der Waals surface area contributed by atoms with Crippen molar-refractivity contribution in [1.82, 2.24) is 4.57 Å². The summed E-state index contributed by atoms with van der Waals surface area (Å²) in [4.78, 5) is 11.9. The van der Waals surface area contributed by atoms with Gasteiger partial charge in [-0.3, -0.25) is 9.36 Å². The van der Waals surface area contributed by atoms with Gasteiger partial charge in [0, 0.05) is 13.1 Å². The van der Waals surface area contributed by atoms with Crippen LogP contribution >= 0.6 is 0 Å². The molecule has 0 saturated carbocycles. The zero-order valence-electron chi connectivity index (χ0n) is 10.5. The van der Waals surface area contributed by atoms with E-state index < -0.39 is 0 Å². The molecule has 5 heteroatoms. The van der Waals surface area contributed by atoms with E-state index in [1.165, 1.54) is 18.7 Å². The van der Waals surface area contributed by atoms with Gasteiger partial charge in [0.2, 0.25) is 5.88 Å². The van der Waals surface area contributed by atoms with Gasteiger partial charge < -0.3 is 14.9 Å². The smallest absolute Gasteiger partial charge is 0.314 e. The molecule has 0 amide bonds. The van der Waals surface area contributed by atoms with Crippen LogP contribution in [0.1, 0.15) is 26.2 Å². The average Bonchev–Trinajstić information content (AvgIpc) is 2.58. The summed E-state index contributed by atoms with van der Waals surface area (Å²) in [6.45, 7) is 2.04. The van der Waals surface area contributed by atoms with E-state index in [4.69, 9.17) is 4.74 Å². The van der Waals surface area contributed by atoms with Gasteiger partial charge in [0.25, 0.3) is 0 Å². The molecule has 0 aliphatic heterocycles. The molecule has 1 heterocycles. The predicted octanol–water partition coefficient (Wildman–Crippen LogP) is 2.09. The molecule has 0 saturated heterocycles. The van der Waals surface area contributed by atoms with E-state index in [1.54, 1.807) is 0 Å². The molecule has 0 radical (unpaired) electrons. The summed E-state index contributed by atoms with van der Waals surface area (Å²) >= 11 is 0. The molecule has 18 heavy (non-hydrogen) atoms. The van der Waals surface area contributed by atoms with Gasteiger partial charge in [-0.1, -0.05) is 11.6 Å². The summed E-state index contributed by atoms with van der Waals surface area (Å²) in [7, 11) is 1.48. The maximum Gasteiger partial charge on any atom is 0.314 e. The lowest BCUT2D eigenvalue weighted by Crippen LogP contribution is -2.21. The van der Waals surface area contributed by atoms with Crippen LogP contribution in [0.5, 0.6) is 17.5 Å². The second-order valence-corrected chi connectivity index (χ2v) is 4.69. The van der Waals surface area contributed by atoms with Crippen LogP contribution < -0.4 is 4.74 Å². The first-order valence-corrected chi connectivity index (χ1v) is 5.94. The van der Waals surface area contributed by atoms with Crippen molar-refractivity contribution in [3.63, 3.8) is 0 Å². The van der Waals surface area contributed by atoms with E-state index in [9.17, 15) is 15.0 Å². The number of allylic oxidation sites excluding steroid dienone is 2. The Bertz CT molecular complexity index is 501. The molecule has 1 aliphatic carbocycles. The minimum atomic E-state index is -0.361. The van der Waals surface area contributed by atoms with Crippen molar-refractivity contribution in [2.75, 3.05) is 0 Å². The van der Waals surface area contributed by atoms with Crippen LogP contribution in [0.3, 0.4) is 0 Å². The summed E-state index contributed by atoms with van der Waals surface area (Å²) in [5, 5.41) is 19.0. The number of hydrogen-bond acceptors (Lipinski definition) is 4. The molecule has 1 aliphatic rings. The molecule has 5 nitrogen and oxygen atoms in total. The zero-order valence-corrected chi connectivity index (χ0v) is 10.5. The molecular formula is C13H17NO4. The van der Waals surface area contributed by atoms with E-state index >= 15 is 0 Å². The average molecular weight is 251 g/mol. The number of nitrogens with zero attached hydrogens (tertiary/aromatic N) is 1. The van der Waals surface area contributed by atoms with Crippen LogP contribution in [-0.4, -0.2) is 20.7 Å². The molecule has 0 spiro atoms. The minimum Gasteiger partial charge on any atom is -0.494 e. The van der Waals surface area contributed by atoms with Crippen LogP contribution in [0, 0.1) is 5.92 Å². The summed E-state index contributed by atoms with van der Waals surface area (Å²) in [5.41, 5.74) is 1.29. The lowest BCUT2D eigenvalue weighted by molar-refractivity contribution is -0.139. The largest absolute Gasteiger partial charge is 0.494 e. The Morgan fingerprint density at radius 2 is 2.22 bits per heavy atom. The van der Waals surface area contributed by atoms with Crippen LogP contribution in [0.15, 0.2) is 17.7 Å². The van der Waals surface area contributed by atoms with Crippen LogP contribution in [0.2, 0.25) is 0 Å². The summed E-state index contributed by atoms with van der Waals surface area (Å²) in [6, 6.07) is 1.23. The van der Waals surface area contributed by atoms with Crippen LogP contribution in [0.4, 0.5) is 0 Å². The Labute approximate surface area is 105 Å². The highest BCUT2D eigenvalue weighted by Gasteiger charge is 2.24. The van der Waals surface area contributed by atoms with Gasteiger partial charge in [-0.2, -0.15) is 0 Å². The van der Waals surface area contributed by atoms with E-state index in [1.807, 2.05) is 13.0 Å². The Hall–Kier alpha value is -1.91. The molecule has 1 atom stereocenters. The summed E-state index contributed by atoms with van der Waals surface area (Å²) in [5.74, 6) is -0.917. The first kappa shape index (κ1) is 12.5. The normalized spacial score (nSPS) is 19.4. The molecule has 1 aromatic rings. The molecule has 1 aromatic heterocycles. The van der Waals surface area contributed by atoms with E-state index in [0.717, 1.165) is 17.4 Å². The second kappa shape index (κ2) is 4.76. The third-order valence-corrected chi connectivity index (χ3v) is 3.32. The van der Waals surface area contributed by atoms with Gasteiger partial charge in [0.05, 0.1) is 5.92 Å². The molecule has 0 fully saturated rings. The van der Waals surface area contributed by atoms with Crippen LogP contribution in [-0.2, 0) is 11.8 Å². The molecule has 2 rings (SSSR count). The number of esters is 1. The highest BCUT2D eigenvalue weighted by atomic mass is 16.5. The molecular weight excluding hydrogens is 234 g/mol. The van der Waals surface area contributed by atoms with Crippen molar-refractivity contribution in [2.45, 2.75) is 26.2 Å². The molecule has 0 aromatic carbocycles. The van der Waals surface area contributed by atoms with Gasteiger partial charge >= 0.3 is 5.97 Å². The number of carbonyl (C=O) groups is 1. The quantitative estimate of drug-likeness (QED) is 0.623. The maximum absolute atomic E-state index is 11.9. The Kier molecular flexibility index (Phi) is 3.32. The van der Waals surface area contributed by atoms with Crippen molar-refractivity contribution < 1.29 is 19.7 Å². The van der Waals surface area contributed by atoms with Gasteiger partial charge in [-0.05, 0) is 26.2 Å². The Balaban J connectivity index is 2.05. The SMILES string of the molecule is CC1=CC[C@H](C(=O)Oc2cc(O)n(C)c2O)CC1. The number of aromatic nitrogens is 1. The molecule has 2 N–H and O–H groups in total. The van der Waals surface area contributed by atoms with E-state index in [0.29, 0.717) is 6.42 Å². The summed E-state index contributed by atoms with van der Waals surface area (Å²) < 4.78 is 6.27. The molecule has 98 valence electrons. The lowest BCUT2D eigenvalue weighted by atomic mass is 9.90. The van der Waals surface area contributed by atoms with Gasteiger partial charge in [0.1, 0.15) is 0 Å². The fourth-order valence-electron chi connectivity index (χ4n) is 2.00. The van der Waals surface area contributed by atoms with Crippen molar-refractivity contribution in [3.05, 3.63) is 17.7 Å². The number of aromatic hydroxyl groups is 2. The third kappa shape index (κ3) is 2.34. The van der Waals surface area contributed by atoms with Gasteiger partial charge in [-0.15, -0.1) is 0 Å². The van der Waals surface area contributed by atoms with Gasteiger partial charge in [0.15, 0.2) is 11.6 Å². The Morgan fingerprint density at radius 3 is 2.72 bits per heavy atom. The van der Waals surface area contributed by atoms with Crippen molar-refractivity contribution in [3.8, 4) is 17.5 Å². The monoisotopic (exact) mass is 251 g/mol. The summed E-state index contributed by atoms with van der Waals surface area (Å²) in [6.07, 6.45) is 4.37. The third-order valence-electron chi connectivity index (χ3n) is 3.32. The fraction of sp³-hybridized carbons (Fsp3) is 0.462. The van der Waals surface area contributed by atoms with E-state index in [-0.39, 0.29) is 29.4 Å². The zero-order chi connectivity index (χ0) is 13.3. The van der Waals surface area contributed by atoms with Gasteiger partial charge in [-0.25, -0.2) is 0 Å². The topological polar surface area (TPSA) is 71.7 Å². The number of hydrogen-bond donors (Lipinski definition) is 2. The van der Waals surface area contributed by atoms with E-state index in [2.05, 4.69) is 0 Å². The molecule has 0 unspecified atom stereocenters. The standard InChI is InChI=1S/C13H17NO4/c1-8-3-5-9(6-4-8)13(17)18-10-7-11(15)14(2)12(10)16/h3,7,9,15-16H,4-6H2,1-2H3/t9-/m0/s1. The predicted molar refractivity (Wildman–Crippen MR) is 65.5 cm³/mol. The number of rotatable bonds is 2. The van der Waals surface area contributed by atoms with Crippen molar-refractivity contribution in [1.29, 1.82) is 0 Å². The first-order valence-electron chi connectivity index (χ1n) is 5.94. The second-order valence-electron chi connectivity index (χ2n) is 4.69. The molecule has 0 bridgehead atoms. The number of carbonyl (C=O) groups excluding carboxylic acids is 1. The maximum atomic E-state index is 11.9. The van der Waals surface area contributed by atoms with Crippen LogP contribution in [0.25, 0.3) is 0 Å². The number of ether oxygens (including phenoxy) is 1. The first-order chi connectivity index (χ1) is 8.49. The Morgan fingerprint density at radius 1 is 1.50 bits per heavy atom. The fourth-order valence-corrected chi connectivity index (χ4v) is 2.00.